The summed E-state index contributed by atoms with van der Waals surface area (Å²) in [5, 5.41) is 0. The maximum absolute atomic E-state index is 10.1. The average molecular weight is 213 g/mol. The van der Waals surface area contributed by atoms with Gasteiger partial charge >= 0.3 is 5.43 Å². The number of carbonyl (C=O) groups is 1. The lowest BCUT2D eigenvalue weighted by Crippen LogP contribution is -1.97. The van der Waals surface area contributed by atoms with Gasteiger partial charge < -0.3 is 4.74 Å². The smallest absolute Gasteiger partial charge is 0.403 e. The van der Waals surface area contributed by atoms with E-state index < -0.39 is 5.43 Å². The van der Waals surface area contributed by atoms with E-state index in [1.54, 1.807) is 21.6 Å². The van der Waals surface area contributed by atoms with Gasteiger partial charge in [0.25, 0.3) is 0 Å². The van der Waals surface area contributed by atoms with Crippen LogP contribution in [0.4, 0.5) is 4.79 Å². The summed E-state index contributed by atoms with van der Waals surface area (Å²) in [7, 11) is 5.62. The third kappa shape index (κ3) is 10.5. The topological polar surface area (TPSA) is 26.3 Å². The van der Waals surface area contributed by atoms with Gasteiger partial charge in [0.15, 0.2) is 0 Å². The minimum Gasteiger partial charge on any atom is -0.453 e. The molecule has 0 aromatic heterocycles. The zero-order valence-corrected chi connectivity index (χ0v) is 8.73. The van der Waals surface area contributed by atoms with Crippen molar-refractivity contribution in [3.05, 3.63) is 0 Å². The Morgan fingerprint density at radius 1 is 1.45 bits per heavy atom. The monoisotopic (exact) mass is 212 g/mol. The second-order valence-electron chi connectivity index (χ2n) is 1.73. The van der Waals surface area contributed by atoms with Crippen molar-refractivity contribution in [3.63, 3.8) is 0 Å². The quantitative estimate of drug-likeness (QED) is 0.290. The molecule has 0 amide bonds. The molecule has 0 aliphatic carbocycles. The van der Waals surface area contributed by atoms with E-state index in [0.29, 0.717) is 6.61 Å². The van der Waals surface area contributed by atoms with E-state index in [-0.39, 0.29) is 0 Å². The summed E-state index contributed by atoms with van der Waals surface area (Å²) in [6.07, 6.45) is 1.17. The maximum Gasteiger partial charge on any atom is 0.403 e. The molecule has 0 radical (unpaired) electrons. The van der Waals surface area contributed by atoms with Gasteiger partial charge in [-0.15, -0.1) is 0 Å². The predicted molar refractivity (Wildman–Crippen MR) is 55.5 cm³/mol. The molecule has 0 heterocycles. The second-order valence-corrected chi connectivity index (χ2v) is 4.74. The molecule has 0 unspecified atom stereocenters. The van der Waals surface area contributed by atoms with Gasteiger partial charge in [0.1, 0.15) is 14.5 Å². The molecule has 0 aromatic rings. The lowest BCUT2D eigenvalue weighted by atomic mass is 10.1. The van der Waals surface area contributed by atoms with Crippen molar-refractivity contribution in [2.75, 3.05) is 18.1 Å². The van der Waals surface area contributed by atoms with Gasteiger partial charge in [0.05, 0.1) is 0 Å². The molecule has 0 aromatic carbocycles. The molecule has 0 spiro atoms. The number of halogens is 1. The van der Waals surface area contributed by atoms with Gasteiger partial charge in [-0.05, 0) is 5.75 Å². The van der Waals surface area contributed by atoms with Crippen LogP contribution in [-0.4, -0.2) is 31.4 Å². The Bertz CT molecular complexity index is 115. The molecule has 0 saturated carbocycles. The maximum atomic E-state index is 10.1. The molecule has 0 fully saturated rings. The minimum absolute atomic E-state index is 0.406. The molecule has 0 bridgehead atoms. The van der Waals surface area contributed by atoms with Gasteiger partial charge in [-0.1, -0.05) is 27.9 Å². The molecular formula is C5H10BClO2S2. The van der Waals surface area contributed by atoms with Crippen LogP contribution in [0.15, 0.2) is 0 Å². The van der Waals surface area contributed by atoms with Crippen molar-refractivity contribution in [1.82, 2.24) is 0 Å². The lowest BCUT2D eigenvalue weighted by Gasteiger charge is -1.98. The Labute approximate surface area is 80.6 Å². The summed E-state index contributed by atoms with van der Waals surface area (Å²) >= 11 is 4.94. The molecule has 6 heteroatoms. The Kier molecular flexibility index (Phi) is 9.03. The summed E-state index contributed by atoms with van der Waals surface area (Å²) in [5.74, 6) is 1.95. The first-order valence-electron chi connectivity index (χ1n) is 3.34. The Hall–Kier alpha value is 0.525. The van der Waals surface area contributed by atoms with Crippen LogP contribution in [0.3, 0.4) is 0 Å². The van der Waals surface area contributed by atoms with Crippen LogP contribution in [0.2, 0.25) is 6.32 Å². The fraction of sp³-hybridized carbons (Fsp3) is 0.800. The molecule has 0 N–H and O–H groups in total. The number of hydrogen-bond acceptors (Lipinski definition) is 4. The van der Waals surface area contributed by atoms with Gasteiger partial charge in [-0.2, -0.15) is 0 Å². The molecule has 0 aliphatic rings. The van der Waals surface area contributed by atoms with E-state index in [0.717, 1.165) is 11.5 Å². The van der Waals surface area contributed by atoms with Crippen molar-refractivity contribution in [2.24, 2.45) is 0 Å². The van der Waals surface area contributed by atoms with E-state index in [4.69, 9.17) is 11.6 Å². The number of ether oxygens (including phenoxy) is 1. The highest BCUT2D eigenvalue weighted by molar-refractivity contribution is 8.76. The Morgan fingerprint density at radius 2 is 2.09 bits per heavy atom. The van der Waals surface area contributed by atoms with E-state index in [2.05, 4.69) is 12.6 Å². The van der Waals surface area contributed by atoms with Gasteiger partial charge in [0.2, 0.25) is 0 Å². The minimum atomic E-state index is -0.717. The molecule has 11 heavy (non-hydrogen) atoms. The van der Waals surface area contributed by atoms with Crippen LogP contribution in [0.25, 0.3) is 0 Å². The van der Waals surface area contributed by atoms with Crippen molar-refractivity contribution >= 4 is 46.5 Å². The van der Waals surface area contributed by atoms with Crippen LogP contribution in [0.5, 0.6) is 0 Å². The van der Waals surface area contributed by atoms with Crippen molar-refractivity contribution in [3.8, 4) is 0 Å². The highest BCUT2D eigenvalue weighted by atomic mass is 35.5. The highest BCUT2D eigenvalue weighted by Crippen LogP contribution is 2.20. The van der Waals surface area contributed by atoms with E-state index >= 15 is 0 Å². The first-order valence-corrected chi connectivity index (χ1v) is 6.20. The van der Waals surface area contributed by atoms with E-state index in [1.807, 2.05) is 0 Å². The summed E-state index contributed by atoms with van der Waals surface area (Å²) in [4.78, 5) is 10.1. The van der Waals surface area contributed by atoms with Gasteiger partial charge in [0, 0.05) is 17.4 Å². The summed E-state index contributed by atoms with van der Waals surface area (Å²) in [5.41, 5.74) is -0.717. The van der Waals surface area contributed by atoms with E-state index in [9.17, 15) is 4.79 Å². The van der Waals surface area contributed by atoms with Crippen LogP contribution < -0.4 is 0 Å². The first-order chi connectivity index (χ1) is 5.27. The second kappa shape index (κ2) is 8.62. The molecular weight excluding hydrogens is 202 g/mol. The van der Waals surface area contributed by atoms with Crippen LogP contribution >= 0.6 is 33.2 Å². The standard InChI is InChI=1S/C5H10BClO2S2/c6-1-3-10-11-4-2-9-5(7)8/h1-4,6H2. The van der Waals surface area contributed by atoms with Crippen molar-refractivity contribution in [1.29, 1.82) is 0 Å². The predicted octanol–water partition coefficient (Wildman–Crippen LogP) is 1.79. The SMILES string of the molecule is BCCSSCCOC(=O)Cl. The first kappa shape index (κ1) is 11.5. The summed E-state index contributed by atoms with van der Waals surface area (Å²) in [6, 6.07) is 0. The van der Waals surface area contributed by atoms with Crippen molar-refractivity contribution in [2.45, 2.75) is 6.32 Å². The van der Waals surface area contributed by atoms with Crippen LogP contribution in [0.1, 0.15) is 0 Å². The molecule has 0 atom stereocenters. The summed E-state index contributed by atoms with van der Waals surface area (Å²) < 4.78 is 4.51. The molecule has 0 rings (SSSR count). The zero-order valence-electron chi connectivity index (χ0n) is 6.34. The van der Waals surface area contributed by atoms with Crippen LogP contribution in [0, 0.1) is 0 Å². The van der Waals surface area contributed by atoms with Crippen molar-refractivity contribution < 1.29 is 9.53 Å². The fourth-order valence-corrected chi connectivity index (χ4v) is 2.40. The third-order valence-electron chi connectivity index (χ3n) is 0.753. The molecule has 64 valence electrons. The highest BCUT2D eigenvalue weighted by Gasteiger charge is 1.94. The van der Waals surface area contributed by atoms with Gasteiger partial charge in [-0.25, -0.2) is 4.79 Å². The number of hydrogen-bond donors (Lipinski definition) is 0. The number of rotatable bonds is 6. The van der Waals surface area contributed by atoms with Gasteiger partial charge in [-0.3, -0.25) is 0 Å². The van der Waals surface area contributed by atoms with Crippen LogP contribution in [-0.2, 0) is 4.74 Å². The molecule has 0 saturated heterocycles. The molecule has 0 aliphatic heterocycles. The summed E-state index contributed by atoms with van der Waals surface area (Å²) in [6.45, 7) is 0.406. The normalized spacial score (nSPS) is 9.55. The number of carbonyl (C=O) groups excluding carboxylic acids is 1. The Morgan fingerprint density at radius 3 is 2.64 bits per heavy atom. The fourth-order valence-electron chi connectivity index (χ4n) is 0.357. The molecule has 2 nitrogen and oxygen atoms in total. The average Bonchev–Trinajstić information content (AvgIpc) is 1.96. The third-order valence-corrected chi connectivity index (χ3v) is 3.44. The lowest BCUT2D eigenvalue weighted by molar-refractivity contribution is 0.181. The largest absolute Gasteiger partial charge is 0.453 e. The van der Waals surface area contributed by atoms with E-state index in [1.165, 1.54) is 6.32 Å². The zero-order chi connectivity index (χ0) is 8.53. The Balaban J connectivity index is 2.85.